The molecule has 4 rings (SSSR count). The van der Waals surface area contributed by atoms with Gasteiger partial charge in [0.2, 0.25) is 0 Å². The number of aromatic amines is 1. The average molecular weight is 420 g/mol. The number of hydrogen-bond acceptors (Lipinski definition) is 3. The highest BCUT2D eigenvalue weighted by atomic mass is 19.1. The molecule has 158 valence electrons. The number of aryl methyl sites for hydroxylation is 1. The average Bonchev–Trinajstić information content (AvgIpc) is 3.12. The normalized spacial score (nSPS) is 11.1. The number of aromatic nitrogens is 2. The van der Waals surface area contributed by atoms with Gasteiger partial charge >= 0.3 is 0 Å². The van der Waals surface area contributed by atoms with Gasteiger partial charge in [-0.2, -0.15) is 0 Å². The molecule has 0 aliphatic carbocycles. The highest BCUT2D eigenvalue weighted by Crippen LogP contribution is 2.22. The van der Waals surface area contributed by atoms with E-state index in [9.17, 15) is 13.6 Å². The summed E-state index contributed by atoms with van der Waals surface area (Å²) in [6, 6.07) is 9.70. The van der Waals surface area contributed by atoms with Crippen LogP contribution in [0.25, 0.3) is 10.9 Å². The maximum atomic E-state index is 14.4. The van der Waals surface area contributed by atoms with Gasteiger partial charge in [-0.05, 0) is 53.4 Å². The summed E-state index contributed by atoms with van der Waals surface area (Å²) in [6.07, 6.45) is 5.14. The van der Waals surface area contributed by atoms with Crippen LogP contribution in [0.4, 0.5) is 8.78 Å². The fraction of sp³-hybridized carbons (Fsp3) is 0.167. The Morgan fingerprint density at radius 1 is 1.06 bits per heavy atom. The number of halogens is 2. The van der Waals surface area contributed by atoms with Gasteiger partial charge in [-0.3, -0.25) is 9.78 Å². The van der Waals surface area contributed by atoms with Crippen molar-refractivity contribution in [2.75, 3.05) is 0 Å². The molecule has 2 aromatic heterocycles. The molecule has 1 amide bonds. The lowest BCUT2D eigenvalue weighted by molar-refractivity contribution is 0.0950. The van der Waals surface area contributed by atoms with Crippen molar-refractivity contribution >= 4 is 16.8 Å². The molecule has 0 bridgehead atoms. The first-order valence-electron chi connectivity index (χ1n) is 9.90. The predicted molar refractivity (Wildman–Crippen MR) is 115 cm³/mol. The van der Waals surface area contributed by atoms with Crippen molar-refractivity contribution in [2.45, 2.75) is 26.4 Å². The van der Waals surface area contributed by atoms with E-state index >= 15 is 0 Å². The number of hydrogen-bond donors (Lipinski definition) is 3. The number of nitrogens with two attached hydrogens (primary N) is 1. The number of carbonyl (C=O) groups is 1. The zero-order chi connectivity index (χ0) is 22.0. The molecule has 7 heteroatoms. The molecule has 2 aromatic carbocycles. The van der Waals surface area contributed by atoms with Crippen LogP contribution in [-0.2, 0) is 19.5 Å². The number of nitrogens with one attached hydrogen (secondary N) is 2. The SMILES string of the molecule is Cc1c[nH]c2cc(F)c(CNC(=O)c3cncc(Cc4ccc(CN)cc4F)c3)cc12. The van der Waals surface area contributed by atoms with E-state index in [1.54, 1.807) is 30.5 Å². The third-order valence-corrected chi connectivity index (χ3v) is 5.30. The molecule has 0 radical (unpaired) electrons. The van der Waals surface area contributed by atoms with Gasteiger partial charge in [-0.25, -0.2) is 8.78 Å². The predicted octanol–water partition coefficient (Wildman–Crippen LogP) is 4.13. The first-order chi connectivity index (χ1) is 14.9. The maximum absolute atomic E-state index is 14.4. The minimum Gasteiger partial charge on any atom is -0.361 e. The van der Waals surface area contributed by atoms with Gasteiger partial charge in [0.1, 0.15) is 11.6 Å². The number of carbonyl (C=O) groups excluding carboxylic acids is 1. The summed E-state index contributed by atoms with van der Waals surface area (Å²) in [7, 11) is 0. The van der Waals surface area contributed by atoms with E-state index in [4.69, 9.17) is 5.73 Å². The summed E-state index contributed by atoms with van der Waals surface area (Å²) in [5.41, 5.74) is 9.89. The van der Waals surface area contributed by atoms with Crippen LogP contribution in [0.3, 0.4) is 0 Å². The molecule has 0 saturated heterocycles. The molecule has 4 N–H and O–H groups in total. The zero-order valence-corrected chi connectivity index (χ0v) is 17.0. The molecule has 4 aromatic rings. The highest BCUT2D eigenvalue weighted by Gasteiger charge is 2.12. The second-order valence-corrected chi connectivity index (χ2v) is 7.53. The highest BCUT2D eigenvalue weighted by molar-refractivity contribution is 5.94. The van der Waals surface area contributed by atoms with Gasteiger partial charge in [-0.15, -0.1) is 0 Å². The van der Waals surface area contributed by atoms with Gasteiger partial charge in [0.15, 0.2) is 0 Å². The monoisotopic (exact) mass is 420 g/mol. The first-order valence-corrected chi connectivity index (χ1v) is 9.90. The van der Waals surface area contributed by atoms with Gasteiger partial charge in [0.05, 0.1) is 5.56 Å². The molecule has 5 nitrogen and oxygen atoms in total. The van der Waals surface area contributed by atoms with Crippen molar-refractivity contribution in [1.29, 1.82) is 0 Å². The van der Waals surface area contributed by atoms with Crippen LogP contribution in [-0.4, -0.2) is 15.9 Å². The molecule has 0 spiro atoms. The molecule has 31 heavy (non-hydrogen) atoms. The van der Waals surface area contributed by atoms with Crippen molar-refractivity contribution in [2.24, 2.45) is 5.73 Å². The Bertz CT molecular complexity index is 1270. The summed E-state index contributed by atoms with van der Waals surface area (Å²) < 4.78 is 28.6. The van der Waals surface area contributed by atoms with E-state index in [1.807, 2.05) is 13.1 Å². The topological polar surface area (TPSA) is 83.8 Å². The second-order valence-electron chi connectivity index (χ2n) is 7.53. The Kier molecular flexibility index (Phi) is 5.77. The number of H-pyrrole nitrogens is 1. The zero-order valence-electron chi connectivity index (χ0n) is 17.0. The van der Waals surface area contributed by atoms with Gasteiger partial charge in [-0.1, -0.05) is 12.1 Å². The number of pyridine rings is 1. The van der Waals surface area contributed by atoms with Gasteiger partial charge in [0, 0.05) is 54.6 Å². The largest absolute Gasteiger partial charge is 0.361 e. The summed E-state index contributed by atoms with van der Waals surface area (Å²) in [5.74, 6) is -1.11. The molecule has 0 aliphatic rings. The van der Waals surface area contributed by atoms with Crippen LogP contribution in [0.2, 0.25) is 0 Å². The van der Waals surface area contributed by atoms with Crippen molar-refractivity contribution in [1.82, 2.24) is 15.3 Å². The summed E-state index contributed by atoms with van der Waals surface area (Å²) >= 11 is 0. The van der Waals surface area contributed by atoms with E-state index < -0.39 is 5.82 Å². The van der Waals surface area contributed by atoms with E-state index in [-0.39, 0.29) is 24.8 Å². The Morgan fingerprint density at radius 3 is 2.65 bits per heavy atom. The van der Waals surface area contributed by atoms with Crippen LogP contribution < -0.4 is 11.1 Å². The number of nitrogens with zero attached hydrogens (tertiary/aromatic N) is 1. The molecule has 0 atom stereocenters. The standard InChI is InChI=1S/C24H22F2N4O/c1-14-10-29-23-8-22(26)18(7-20(14)23)13-30-24(31)19-5-16(11-28-12-19)4-17-3-2-15(9-27)6-21(17)25/h2-3,5-8,10-12,29H,4,9,13,27H2,1H3,(H,30,31). The number of benzene rings is 2. The maximum Gasteiger partial charge on any atom is 0.253 e. The summed E-state index contributed by atoms with van der Waals surface area (Å²) in [6.45, 7) is 2.25. The Hall–Kier alpha value is -3.58. The fourth-order valence-electron chi connectivity index (χ4n) is 3.53. The molecule has 0 aliphatic heterocycles. The van der Waals surface area contributed by atoms with Crippen LogP contribution in [0.5, 0.6) is 0 Å². The Labute approximate surface area is 178 Å². The number of fused-ring (bicyclic) bond motifs is 1. The smallest absolute Gasteiger partial charge is 0.253 e. The minimum absolute atomic E-state index is 0.0463. The lowest BCUT2D eigenvalue weighted by atomic mass is 10.0. The third kappa shape index (κ3) is 4.46. The van der Waals surface area contributed by atoms with Crippen LogP contribution in [0.15, 0.2) is 55.0 Å². The van der Waals surface area contributed by atoms with Crippen LogP contribution >= 0.6 is 0 Å². The molecule has 2 heterocycles. The summed E-state index contributed by atoms with van der Waals surface area (Å²) in [4.78, 5) is 19.7. The Balaban J connectivity index is 1.47. The summed E-state index contributed by atoms with van der Waals surface area (Å²) in [5, 5.41) is 3.65. The van der Waals surface area contributed by atoms with Gasteiger partial charge < -0.3 is 16.0 Å². The van der Waals surface area contributed by atoms with Crippen molar-refractivity contribution in [3.05, 3.63) is 100 Å². The van der Waals surface area contributed by atoms with E-state index in [2.05, 4.69) is 15.3 Å². The third-order valence-electron chi connectivity index (χ3n) is 5.30. The van der Waals surface area contributed by atoms with Crippen molar-refractivity contribution in [3.63, 3.8) is 0 Å². The van der Waals surface area contributed by atoms with E-state index in [0.29, 0.717) is 39.8 Å². The molecule has 0 saturated carbocycles. The lowest BCUT2D eigenvalue weighted by Crippen LogP contribution is -2.23. The quantitative estimate of drug-likeness (QED) is 0.439. The lowest BCUT2D eigenvalue weighted by Gasteiger charge is -2.09. The van der Waals surface area contributed by atoms with E-state index in [0.717, 1.165) is 10.9 Å². The van der Waals surface area contributed by atoms with Crippen molar-refractivity contribution in [3.8, 4) is 0 Å². The first kappa shape index (κ1) is 20.7. The van der Waals surface area contributed by atoms with Crippen LogP contribution in [0.1, 0.15) is 38.2 Å². The minimum atomic E-state index is -0.391. The second kappa shape index (κ2) is 8.65. The Morgan fingerprint density at radius 2 is 1.87 bits per heavy atom. The molecule has 0 unspecified atom stereocenters. The molecular formula is C24H22F2N4O. The van der Waals surface area contributed by atoms with Crippen molar-refractivity contribution < 1.29 is 13.6 Å². The molecule has 0 fully saturated rings. The number of rotatable bonds is 6. The number of amides is 1. The van der Waals surface area contributed by atoms with Gasteiger partial charge in [0.25, 0.3) is 5.91 Å². The fourth-order valence-corrected chi connectivity index (χ4v) is 3.53. The molecular weight excluding hydrogens is 398 g/mol. The van der Waals surface area contributed by atoms with Crippen LogP contribution in [0, 0.1) is 18.6 Å². The van der Waals surface area contributed by atoms with E-state index in [1.165, 1.54) is 18.3 Å².